The van der Waals surface area contributed by atoms with Crippen LogP contribution in [0.25, 0.3) is 22.2 Å². The lowest BCUT2D eigenvalue weighted by atomic mass is 10.0. The normalized spacial score (nSPS) is 10.8. The van der Waals surface area contributed by atoms with Gasteiger partial charge >= 0.3 is 0 Å². The zero-order valence-electron chi connectivity index (χ0n) is 16.2. The molecule has 0 aliphatic carbocycles. The third-order valence-corrected chi connectivity index (χ3v) is 5.43. The van der Waals surface area contributed by atoms with Crippen molar-refractivity contribution in [3.63, 3.8) is 0 Å². The zero-order valence-corrected chi connectivity index (χ0v) is 16.9. The Morgan fingerprint density at radius 1 is 0.966 bits per heavy atom. The van der Waals surface area contributed by atoms with Gasteiger partial charge in [-0.05, 0) is 36.6 Å². The molecule has 0 atom stereocenters. The highest BCUT2D eigenvalue weighted by Crippen LogP contribution is 2.30. The molecule has 0 aliphatic rings. The highest BCUT2D eigenvalue weighted by molar-refractivity contribution is 6.32. The number of benzene rings is 3. The lowest BCUT2D eigenvalue weighted by molar-refractivity contribution is 0.0956. The minimum atomic E-state index is -0.104. The molecule has 0 bridgehead atoms. The fourth-order valence-corrected chi connectivity index (χ4v) is 3.56. The Morgan fingerprint density at radius 2 is 1.66 bits per heavy atom. The van der Waals surface area contributed by atoms with Gasteiger partial charge in [-0.2, -0.15) is 0 Å². The number of fused-ring (bicyclic) bond motifs is 1. The Kier molecular flexibility index (Phi) is 5.59. The molecule has 29 heavy (non-hydrogen) atoms. The topological polar surface area (TPSA) is 42.0 Å². The monoisotopic (exact) mass is 400 g/mol. The van der Waals surface area contributed by atoms with Gasteiger partial charge in [0.15, 0.2) is 0 Å². The second-order valence-electron chi connectivity index (χ2n) is 6.98. The molecule has 1 heterocycles. The van der Waals surface area contributed by atoms with Gasteiger partial charge in [-0.3, -0.25) is 4.79 Å². The summed E-state index contributed by atoms with van der Waals surface area (Å²) in [6.07, 6.45) is 0.784. The highest BCUT2D eigenvalue weighted by atomic mass is 35.5. The SMILES string of the molecule is Cc1c(Cl)ccc2c(C(=O)NCCc3ccccc3)cc(-c3ccccc3)nc12. The number of amides is 1. The summed E-state index contributed by atoms with van der Waals surface area (Å²) in [4.78, 5) is 17.9. The van der Waals surface area contributed by atoms with Gasteiger partial charge < -0.3 is 5.32 Å². The summed E-state index contributed by atoms with van der Waals surface area (Å²) < 4.78 is 0. The second kappa shape index (κ2) is 8.46. The van der Waals surface area contributed by atoms with E-state index in [2.05, 4.69) is 17.4 Å². The van der Waals surface area contributed by atoms with Crippen LogP contribution >= 0.6 is 11.6 Å². The summed E-state index contributed by atoms with van der Waals surface area (Å²) in [6.45, 7) is 2.50. The van der Waals surface area contributed by atoms with E-state index >= 15 is 0 Å². The molecule has 1 aromatic heterocycles. The molecule has 0 saturated carbocycles. The lowest BCUT2D eigenvalue weighted by Gasteiger charge is -2.13. The van der Waals surface area contributed by atoms with E-state index in [0.29, 0.717) is 17.1 Å². The van der Waals surface area contributed by atoms with Crippen molar-refractivity contribution in [3.8, 4) is 11.3 Å². The van der Waals surface area contributed by atoms with Gasteiger partial charge in [-0.1, -0.05) is 78.3 Å². The zero-order chi connectivity index (χ0) is 20.2. The number of nitrogens with one attached hydrogen (secondary N) is 1. The number of aromatic nitrogens is 1. The van der Waals surface area contributed by atoms with E-state index in [1.807, 2.05) is 73.7 Å². The van der Waals surface area contributed by atoms with Crippen molar-refractivity contribution in [1.82, 2.24) is 10.3 Å². The van der Waals surface area contributed by atoms with Crippen LogP contribution in [0, 0.1) is 6.92 Å². The van der Waals surface area contributed by atoms with Gasteiger partial charge in [0.2, 0.25) is 0 Å². The molecule has 4 heteroatoms. The third kappa shape index (κ3) is 4.15. The molecule has 4 aromatic rings. The summed E-state index contributed by atoms with van der Waals surface area (Å²) in [5.74, 6) is -0.104. The number of halogens is 1. The summed E-state index contributed by atoms with van der Waals surface area (Å²) in [7, 11) is 0. The molecule has 0 radical (unpaired) electrons. The van der Waals surface area contributed by atoms with E-state index in [-0.39, 0.29) is 5.91 Å². The summed E-state index contributed by atoms with van der Waals surface area (Å²) >= 11 is 6.33. The first kappa shape index (κ1) is 19.2. The van der Waals surface area contributed by atoms with Crippen molar-refractivity contribution in [2.75, 3.05) is 6.54 Å². The van der Waals surface area contributed by atoms with E-state index < -0.39 is 0 Å². The Hall–Kier alpha value is -3.17. The van der Waals surface area contributed by atoms with Crippen LogP contribution in [-0.4, -0.2) is 17.4 Å². The maximum absolute atomic E-state index is 13.1. The van der Waals surface area contributed by atoms with Crippen molar-refractivity contribution < 1.29 is 4.79 Å². The molecule has 0 spiro atoms. The second-order valence-corrected chi connectivity index (χ2v) is 7.39. The summed E-state index contributed by atoms with van der Waals surface area (Å²) in [6, 6.07) is 25.6. The maximum atomic E-state index is 13.1. The largest absolute Gasteiger partial charge is 0.352 e. The first-order valence-corrected chi connectivity index (χ1v) is 9.98. The predicted octanol–water partition coefficient (Wildman–Crippen LogP) is 5.84. The van der Waals surface area contributed by atoms with E-state index in [0.717, 1.165) is 34.1 Å². The van der Waals surface area contributed by atoms with Crippen LogP contribution in [0.4, 0.5) is 0 Å². The first-order chi connectivity index (χ1) is 14.1. The Labute approximate surface area is 175 Å². The third-order valence-electron chi connectivity index (χ3n) is 5.02. The molecule has 1 amide bonds. The molecule has 144 valence electrons. The van der Waals surface area contributed by atoms with Gasteiger partial charge in [0.25, 0.3) is 5.91 Å². The Morgan fingerprint density at radius 3 is 2.38 bits per heavy atom. The molecule has 0 aliphatic heterocycles. The Bertz CT molecular complexity index is 1160. The van der Waals surface area contributed by atoms with Crippen molar-refractivity contribution in [3.05, 3.63) is 101 Å². The fraction of sp³-hybridized carbons (Fsp3) is 0.120. The van der Waals surface area contributed by atoms with Crippen molar-refractivity contribution in [2.24, 2.45) is 0 Å². The molecule has 0 unspecified atom stereocenters. The van der Waals surface area contributed by atoms with Crippen LogP contribution in [0.2, 0.25) is 5.02 Å². The number of hydrogen-bond acceptors (Lipinski definition) is 2. The predicted molar refractivity (Wildman–Crippen MR) is 119 cm³/mol. The van der Waals surface area contributed by atoms with Gasteiger partial charge in [-0.25, -0.2) is 4.98 Å². The van der Waals surface area contributed by atoms with Crippen molar-refractivity contribution in [2.45, 2.75) is 13.3 Å². The molecule has 3 nitrogen and oxygen atoms in total. The van der Waals surface area contributed by atoms with Crippen LogP contribution in [0.5, 0.6) is 0 Å². The lowest BCUT2D eigenvalue weighted by Crippen LogP contribution is -2.26. The van der Waals surface area contributed by atoms with Crippen LogP contribution in [0.1, 0.15) is 21.5 Å². The summed E-state index contributed by atoms with van der Waals surface area (Å²) in [5, 5.41) is 4.51. The fourth-order valence-electron chi connectivity index (χ4n) is 3.41. The smallest absolute Gasteiger partial charge is 0.252 e. The van der Waals surface area contributed by atoms with Crippen LogP contribution in [0.3, 0.4) is 0 Å². The van der Waals surface area contributed by atoms with Gasteiger partial charge in [0.05, 0.1) is 16.8 Å². The van der Waals surface area contributed by atoms with Crippen molar-refractivity contribution >= 4 is 28.4 Å². The highest BCUT2D eigenvalue weighted by Gasteiger charge is 2.16. The van der Waals surface area contributed by atoms with Gasteiger partial charge in [0, 0.05) is 22.5 Å². The van der Waals surface area contributed by atoms with E-state index in [9.17, 15) is 4.79 Å². The van der Waals surface area contributed by atoms with E-state index in [1.165, 1.54) is 5.56 Å². The number of nitrogens with zero attached hydrogens (tertiary/aromatic N) is 1. The molecule has 1 N–H and O–H groups in total. The number of carbonyl (C=O) groups is 1. The van der Waals surface area contributed by atoms with Crippen LogP contribution < -0.4 is 5.32 Å². The first-order valence-electron chi connectivity index (χ1n) is 9.61. The van der Waals surface area contributed by atoms with Crippen molar-refractivity contribution in [1.29, 1.82) is 0 Å². The molecule has 0 fully saturated rings. The minimum Gasteiger partial charge on any atom is -0.352 e. The Balaban J connectivity index is 1.70. The maximum Gasteiger partial charge on any atom is 0.252 e. The van der Waals surface area contributed by atoms with Gasteiger partial charge in [-0.15, -0.1) is 0 Å². The minimum absolute atomic E-state index is 0.104. The number of pyridine rings is 1. The number of carbonyl (C=O) groups excluding carboxylic acids is 1. The number of hydrogen-bond donors (Lipinski definition) is 1. The molecule has 4 rings (SSSR count). The molecular weight excluding hydrogens is 380 g/mol. The van der Waals surface area contributed by atoms with Crippen LogP contribution in [-0.2, 0) is 6.42 Å². The average Bonchev–Trinajstić information content (AvgIpc) is 2.77. The van der Waals surface area contributed by atoms with Gasteiger partial charge in [0.1, 0.15) is 0 Å². The number of rotatable bonds is 5. The standard InChI is InChI=1S/C25H21ClN2O/c1-17-22(26)13-12-20-21(25(29)27-15-14-18-8-4-2-5-9-18)16-23(28-24(17)20)19-10-6-3-7-11-19/h2-13,16H,14-15H2,1H3,(H,27,29). The quantitative estimate of drug-likeness (QED) is 0.457. The molecular formula is C25H21ClN2O. The molecule has 0 saturated heterocycles. The number of aryl methyl sites for hydroxylation is 1. The summed E-state index contributed by atoms with van der Waals surface area (Å²) in [5.41, 5.74) is 5.16. The van der Waals surface area contributed by atoms with Crippen LogP contribution in [0.15, 0.2) is 78.9 Å². The molecule has 3 aromatic carbocycles. The van der Waals surface area contributed by atoms with E-state index in [1.54, 1.807) is 0 Å². The average molecular weight is 401 g/mol. The van der Waals surface area contributed by atoms with E-state index in [4.69, 9.17) is 16.6 Å².